The normalized spacial score (nSPS) is 13.2. The maximum atomic E-state index is 10.7. The van der Waals surface area contributed by atoms with Crippen molar-refractivity contribution < 1.29 is 72.4 Å². The van der Waals surface area contributed by atoms with Gasteiger partial charge in [0.2, 0.25) is 0 Å². The van der Waals surface area contributed by atoms with Crippen LogP contribution in [0.15, 0.2) is 0 Å². The molecule has 0 fully saturated rings. The number of hydrogen-bond acceptors (Lipinski definition) is 6. The van der Waals surface area contributed by atoms with Gasteiger partial charge in [0.05, 0.1) is 0 Å². The Morgan fingerprint density at radius 1 is 0.647 bits per heavy atom. The summed E-state index contributed by atoms with van der Waals surface area (Å²) in [6.45, 7) is 0. The molecule has 0 bridgehead atoms. The minimum Gasteiger partial charge on any atom is -0.741 e. The maximum Gasteiger partial charge on any atom is 3.00 e. The fraction of sp³-hybridized carbons (Fsp3) is 1.00. The van der Waals surface area contributed by atoms with E-state index in [1.807, 2.05) is 0 Å². The fourth-order valence-electron chi connectivity index (χ4n) is 0. The van der Waals surface area contributed by atoms with E-state index >= 15 is 0 Å². The third-order valence-corrected chi connectivity index (χ3v) is 1.70. The van der Waals surface area contributed by atoms with Crippen molar-refractivity contribution in [3.63, 3.8) is 0 Å². The van der Waals surface area contributed by atoms with E-state index in [0.717, 1.165) is 0 Å². The van der Waals surface area contributed by atoms with Gasteiger partial charge in [0.1, 0.15) is 0 Å². The molecule has 17 heavy (non-hydrogen) atoms. The summed E-state index contributed by atoms with van der Waals surface area (Å²) in [4.78, 5) is 0. The van der Waals surface area contributed by atoms with Gasteiger partial charge in [0.25, 0.3) is 0 Å². The van der Waals surface area contributed by atoms with Gasteiger partial charge in [-0.15, -0.1) is 0 Å². The van der Waals surface area contributed by atoms with Crippen LogP contribution in [0.3, 0.4) is 0 Å². The predicted octanol–water partition coefficient (Wildman–Crippen LogP) is 0.100. The smallest absolute Gasteiger partial charge is 0.741 e. The number of hydrogen-bond donors (Lipinski definition) is 0. The molecule has 0 unspecified atom stereocenters. The van der Waals surface area contributed by atoms with Crippen LogP contribution in [0.4, 0.5) is 26.3 Å². The van der Waals surface area contributed by atoms with E-state index in [1.165, 1.54) is 0 Å². The third-order valence-electron chi connectivity index (χ3n) is 0.567. The third kappa shape index (κ3) is 9.72. The van der Waals surface area contributed by atoms with Crippen LogP contribution in [0.5, 0.6) is 0 Å². The second kappa shape index (κ2) is 6.28. The minimum absolute atomic E-state index is 0. The first-order valence-corrected chi connectivity index (χ1v) is 5.36. The second-order valence-corrected chi connectivity index (χ2v) is 4.54. The molecule has 0 aromatic rings. The second-order valence-electron chi connectivity index (χ2n) is 1.80. The molecule has 0 saturated carbocycles. The Hall–Kier alpha value is 0.0494. The van der Waals surface area contributed by atoms with Gasteiger partial charge in [-0.1, -0.05) is 0 Å². The Labute approximate surface area is 104 Å². The minimum atomic E-state index is -6.09. The van der Waals surface area contributed by atoms with Gasteiger partial charge in [-0.05, 0) is 0 Å². The Bertz CT molecular complexity index is 374. The average molecular weight is 490 g/mol. The van der Waals surface area contributed by atoms with Crippen LogP contribution in [0.25, 0.3) is 0 Å². The van der Waals surface area contributed by atoms with E-state index in [2.05, 4.69) is 0 Å². The van der Waals surface area contributed by atoms with Gasteiger partial charge in [-0.25, -0.2) is 16.8 Å². The van der Waals surface area contributed by atoms with Crippen molar-refractivity contribution in [1.29, 1.82) is 0 Å². The van der Waals surface area contributed by atoms with Crippen LogP contribution in [-0.4, -0.2) is 37.0 Å². The molecule has 0 spiro atoms. The summed E-state index contributed by atoms with van der Waals surface area (Å²) in [6, 6.07) is 0. The Morgan fingerprint density at radius 2 is 0.706 bits per heavy atom. The van der Waals surface area contributed by atoms with Crippen LogP contribution in [0.2, 0.25) is 0 Å². The van der Waals surface area contributed by atoms with Crippen LogP contribution >= 0.6 is 0 Å². The van der Waals surface area contributed by atoms with Crippen LogP contribution in [0.1, 0.15) is 0 Å². The summed E-state index contributed by atoms with van der Waals surface area (Å²) in [5.41, 5.74) is -11.3. The molecule has 0 heterocycles. The first-order chi connectivity index (χ1) is 6.50. The quantitative estimate of drug-likeness (QED) is 0.270. The molecule has 6 nitrogen and oxygen atoms in total. The van der Waals surface area contributed by atoms with Crippen molar-refractivity contribution in [3.05, 3.63) is 0 Å². The number of halogens is 6. The molecule has 0 atom stereocenters. The van der Waals surface area contributed by atoms with E-state index < -0.39 is 31.3 Å². The number of rotatable bonds is 0. The SMILES string of the molecule is O=S(=O)([O-])C(F)(F)F.O=S(=O)([O-])C(F)(F)F.[Ir+3]. The van der Waals surface area contributed by atoms with Crippen LogP contribution < -0.4 is 0 Å². The molecule has 0 aromatic carbocycles. The molecule has 15 heteroatoms. The molecule has 0 aliphatic carbocycles. The fourth-order valence-corrected chi connectivity index (χ4v) is 0. The molecule has 0 saturated heterocycles. The standard InChI is InChI=1S/2CHF3O3S.Ir/c2*2-1(3,4)8(5,6)7;/h2*(H,5,6,7);/q;;+3/p-2. The van der Waals surface area contributed by atoms with E-state index in [1.54, 1.807) is 0 Å². The van der Waals surface area contributed by atoms with Crippen LogP contribution in [-0.2, 0) is 40.3 Å². The summed E-state index contributed by atoms with van der Waals surface area (Å²) in [7, 11) is -12.2. The monoisotopic (exact) mass is 491 g/mol. The van der Waals surface area contributed by atoms with Crippen molar-refractivity contribution in [1.82, 2.24) is 0 Å². The largest absolute Gasteiger partial charge is 3.00 e. The summed E-state index contributed by atoms with van der Waals surface area (Å²) < 4.78 is 118. The summed E-state index contributed by atoms with van der Waals surface area (Å²) in [5, 5.41) is 0. The van der Waals surface area contributed by atoms with Crippen molar-refractivity contribution in [3.8, 4) is 0 Å². The van der Waals surface area contributed by atoms with Gasteiger partial charge in [-0.3, -0.25) is 0 Å². The molecular formula is C2F6IrO6S2+. The Morgan fingerprint density at radius 3 is 0.706 bits per heavy atom. The van der Waals surface area contributed by atoms with Gasteiger partial charge in [-0.2, -0.15) is 26.3 Å². The van der Waals surface area contributed by atoms with Crippen molar-refractivity contribution >= 4 is 20.2 Å². The molecule has 0 aromatic heterocycles. The zero-order valence-corrected chi connectivity index (χ0v) is 10.9. The van der Waals surface area contributed by atoms with Gasteiger partial charge in [0, 0.05) is 0 Å². The molecule has 0 amide bonds. The molecule has 0 aliphatic rings. The molecule has 0 rings (SSSR count). The molecule has 106 valence electrons. The predicted molar refractivity (Wildman–Crippen MR) is 31.5 cm³/mol. The van der Waals surface area contributed by atoms with Gasteiger partial charge < -0.3 is 9.11 Å². The van der Waals surface area contributed by atoms with E-state index in [4.69, 9.17) is 25.9 Å². The number of alkyl halides is 6. The van der Waals surface area contributed by atoms with E-state index in [-0.39, 0.29) is 20.1 Å². The summed E-state index contributed by atoms with van der Waals surface area (Å²) >= 11 is 0. The maximum absolute atomic E-state index is 10.7. The molecular weight excluding hydrogens is 490 g/mol. The molecule has 0 N–H and O–H groups in total. The van der Waals surface area contributed by atoms with Gasteiger partial charge >= 0.3 is 31.1 Å². The zero-order valence-electron chi connectivity index (χ0n) is 6.87. The first-order valence-electron chi connectivity index (χ1n) is 2.54. The van der Waals surface area contributed by atoms with Crippen molar-refractivity contribution in [2.45, 2.75) is 11.0 Å². The van der Waals surface area contributed by atoms with Gasteiger partial charge in [0.15, 0.2) is 20.2 Å². The zero-order chi connectivity index (χ0) is 14.0. The molecule has 0 radical (unpaired) electrons. The van der Waals surface area contributed by atoms with E-state index in [0.29, 0.717) is 0 Å². The van der Waals surface area contributed by atoms with Crippen LogP contribution in [0, 0.1) is 0 Å². The molecule has 0 aliphatic heterocycles. The summed E-state index contributed by atoms with van der Waals surface area (Å²) in [6.07, 6.45) is 0. The summed E-state index contributed by atoms with van der Waals surface area (Å²) in [5.74, 6) is 0. The average Bonchev–Trinajstić information content (AvgIpc) is 1.77. The first kappa shape index (κ1) is 22.2. The topological polar surface area (TPSA) is 114 Å². The van der Waals surface area contributed by atoms with E-state index in [9.17, 15) is 26.3 Å². The Balaban J connectivity index is -0.000000218. The Kier molecular flexibility index (Phi) is 8.23. The van der Waals surface area contributed by atoms with Crippen molar-refractivity contribution in [2.24, 2.45) is 0 Å². The van der Waals surface area contributed by atoms with Crippen molar-refractivity contribution in [2.75, 3.05) is 0 Å².